The Morgan fingerprint density at radius 1 is 1.33 bits per heavy atom. The molecule has 0 aliphatic rings. The SMILES string of the molecule is CN(C(=O)c1ccccc1Cl)c1cc(Br)ccn1. The van der Waals surface area contributed by atoms with Crippen molar-refractivity contribution in [2.75, 3.05) is 11.9 Å². The van der Waals surface area contributed by atoms with Crippen molar-refractivity contribution in [3.8, 4) is 0 Å². The first-order valence-corrected chi connectivity index (χ1v) is 6.41. The number of carbonyl (C=O) groups is 1. The van der Waals surface area contributed by atoms with E-state index >= 15 is 0 Å². The molecule has 0 fully saturated rings. The average Bonchev–Trinajstić information content (AvgIpc) is 2.37. The molecule has 1 amide bonds. The molecule has 0 N–H and O–H groups in total. The van der Waals surface area contributed by atoms with Crippen LogP contribution < -0.4 is 4.90 Å². The molecule has 2 rings (SSSR count). The van der Waals surface area contributed by atoms with Gasteiger partial charge in [0.05, 0.1) is 10.6 Å². The van der Waals surface area contributed by atoms with E-state index in [0.717, 1.165) is 4.47 Å². The molecule has 92 valence electrons. The van der Waals surface area contributed by atoms with Crippen LogP contribution in [0.15, 0.2) is 47.1 Å². The number of rotatable bonds is 2. The average molecular weight is 326 g/mol. The number of benzene rings is 1. The van der Waals surface area contributed by atoms with Crippen molar-refractivity contribution in [2.24, 2.45) is 0 Å². The van der Waals surface area contributed by atoms with E-state index < -0.39 is 0 Å². The van der Waals surface area contributed by atoms with Crippen molar-refractivity contribution in [3.63, 3.8) is 0 Å². The van der Waals surface area contributed by atoms with Gasteiger partial charge in [0, 0.05) is 17.7 Å². The van der Waals surface area contributed by atoms with E-state index in [1.165, 1.54) is 4.90 Å². The van der Waals surface area contributed by atoms with Gasteiger partial charge in [-0.2, -0.15) is 0 Å². The summed E-state index contributed by atoms with van der Waals surface area (Å²) in [7, 11) is 1.67. The van der Waals surface area contributed by atoms with E-state index in [1.807, 2.05) is 0 Å². The Bertz CT molecular complexity index is 589. The smallest absolute Gasteiger partial charge is 0.260 e. The molecule has 0 saturated heterocycles. The second kappa shape index (κ2) is 5.50. The molecular weight excluding hydrogens is 316 g/mol. The van der Waals surface area contributed by atoms with Crippen LogP contribution in [0.5, 0.6) is 0 Å². The summed E-state index contributed by atoms with van der Waals surface area (Å²) in [5.74, 6) is 0.375. The number of carbonyl (C=O) groups excluding carboxylic acids is 1. The first-order valence-electron chi connectivity index (χ1n) is 5.24. The van der Waals surface area contributed by atoms with Gasteiger partial charge in [-0.25, -0.2) is 4.98 Å². The molecular formula is C13H10BrClN2O. The Balaban J connectivity index is 2.32. The third kappa shape index (κ3) is 2.71. The van der Waals surface area contributed by atoms with Gasteiger partial charge in [0.2, 0.25) is 0 Å². The first kappa shape index (κ1) is 13.1. The van der Waals surface area contributed by atoms with E-state index in [9.17, 15) is 4.79 Å². The summed E-state index contributed by atoms with van der Waals surface area (Å²) in [6.07, 6.45) is 1.63. The van der Waals surface area contributed by atoms with Crippen LogP contribution in [0.3, 0.4) is 0 Å². The van der Waals surface area contributed by atoms with Crippen LogP contribution in [0.1, 0.15) is 10.4 Å². The molecule has 0 aliphatic heterocycles. The van der Waals surface area contributed by atoms with E-state index in [-0.39, 0.29) is 5.91 Å². The van der Waals surface area contributed by atoms with Crippen molar-refractivity contribution in [1.29, 1.82) is 0 Å². The Morgan fingerprint density at radius 3 is 2.72 bits per heavy atom. The number of anilines is 1. The third-order valence-corrected chi connectivity index (χ3v) is 3.28. The molecule has 0 atom stereocenters. The van der Waals surface area contributed by atoms with Gasteiger partial charge in [0.1, 0.15) is 5.82 Å². The number of hydrogen-bond donors (Lipinski definition) is 0. The highest BCUT2D eigenvalue weighted by Crippen LogP contribution is 2.21. The van der Waals surface area contributed by atoms with Gasteiger partial charge in [-0.15, -0.1) is 0 Å². The molecule has 2 aromatic rings. The lowest BCUT2D eigenvalue weighted by molar-refractivity contribution is 0.0992. The van der Waals surface area contributed by atoms with Crippen molar-refractivity contribution in [1.82, 2.24) is 4.98 Å². The van der Waals surface area contributed by atoms with E-state index in [2.05, 4.69) is 20.9 Å². The topological polar surface area (TPSA) is 33.2 Å². The van der Waals surface area contributed by atoms with Gasteiger partial charge in [0.25, 0.3) is 5.91 Å². The van der Waals surface area contributed by atoms with Crippen molar-refractivity contribution >= 4 is 39.3 Å². The lowest BCUT2D eigenvalue weighted by Crippen LogP contribution is -2.27. The van der Waals surface area contributed by atoms with Gasteiger partial charge in [0.15, 0.2) is 0 Å². The minimum Gasteiger partial charge on any atom is -0.296 e. The molecule has 0 aliphatic carbocycles. The number of hydrogen-bond acceptors (Lipinski definition) is 2. The summed E-state index contributed by atoms with van der Waals surface area (Å²) < 4.78 is 0.867. The van der Waals surface area contributed by atoms with Crippen LogP contribution in [0, 0.1) is 0 Å². The third-order valence-electron chi connectivity index (χ3n) is 2.46. The summed E-state index contributed by atoms with van der Waals surface area (Å²) >= 11 is 9.35. The van der Waals surface area contributed by atoms with Crippen LogP contribution in [-0.2, 0) is 0 Å². The maximum atomic E-state index is 12.3. The van der Waals surface area contributed by atoms with Gasteiger partial charge in [-0.05, 0) is 24.3 Å². The normalized spacial score (nSPS) is 10.2. The maximum Gasteiger partial charge on any atom is 0.260 e. The summed E-state index contributed by atoms with van der Waals surface area (Å²) in [6.45, 7) is 0. The zero-order valence-corrected chi connectivity index (χ0v) is 11.9. The molecule has 18 heavy (non-hydrogen) atoms. The maximum absolute atomic E-state index is 12.3. The Labute approximate surface area is 119 Å². The lowest BCUT2D eigenvalue weighted by atomic mass is 10.2. The van der Waals surface area contributed by atoms with Crippen LogP contribution in [-0.4, -0.2) is 17.9 Å². The van der Waals surface area contributed by atoms with Crippen molar-refractivity contribution in [2.45, 2.75) is 0 Å². The Hall–Kier alpha value is -1.39. The molecule has 0 saturated carbocycles. The first-order chi connectivity index (χ1) is 8.59. The van der Waals surface area contributed by atoms with E-state index in [4.69, 9.17) is 11.6 Å². The number of aromatic nitrogens is 1. The zero-order valence-electron chi connectivity index (χ0n) is 9.60. The molecule has 0 spiro atoms. The summed E-state index contributed by atoms with van der Waals surface area (Å²) in [5.41, 5.74) is 0.462. The van der Waals surface area contributed by atoms with Crippen LogP contribution in [0.2, 0.25) is 5.02 Å². The molecule has 0 unspecified atom stereocenters. The highest BCUT2D eigenvalue weighted by molar-refractivity contribution is 9.10. The summed E-state index contributed by atoms with van der Waals surface area (Å²) in [6, 6.07) is 10.5. The molecule has 5 heteroatoms. The predicted octanol–water partition coefficient (Wildman–Crippen LogP) is 3.77. The van der Waals surface area contributed by atoms with E-state index in [0.29, 0.717) is 16.4 Å². The predicted molar refractivity (Wildman–Crippen MR) is 76.1 cm³/mol. The highest BCUT2D eigenvalue weighted by atomic mass is 79.9. The quantitative estimate of drug-likeness (QED) is 0.842. The minimum absolute atomic E-state index is 0.189. The van der Waals surface area contributed by atoms with Crippen LogP contribution in [0.4, 0.5) is 5.82 Å². The molecule has 0 bridgehead atoms. The fourth-order valence-electron chi connectivity index (χ4n) is 1.50. The standard InChI is InChI=1S/C13H10BrClN2O/c1-17(12-8-9(14)6-7-16-12)13(18)10-4-2-3-5-11(10)15/h2-8H,1H3. The fraction of sp³-hybridized carbons (Fsp3) is 0.0769. The second-order valence-electron chi connectivity index (χ2n) is 3.68. The molecule has 0 radical (unpaired) electrons. The minimum atomic E-state index is -0.189. The van der Waals surface area contributed by atoms with Crippen LogP contribution in [0.25, 0.3) is 0 Å². The van der Waals surface area contributed by atoms with Crippen LogP contribution >= 0.6 is 27.5 Å². The van der Waals surface area contributed by atoms with Gasteiger partial charge in [-0.1, -0.05) is 39.7 Å². The number of halogens is 2. The molecule has 3 nitrogen and oxygen atoms in total. The van der Waals surface area contributed by atoms with Crippen molar-refractivity contribution < 1.29 is 4.79 Å². The Kier molecular flexibility index (Phi) is 3.99. The van der Waals surface area contributed by atoms with Gasteiger partial charge < -0.3 is 0 Å². The van der Waals surface area contributed by atoms with E-state index in [1.54, 1.807) is 49.6 Å². The molecule has 1 aromatic heterocycles. The monoisotopic (exact) mass is 324 g/mol. The Morgan fingerprint density at radius 2 is 2.06 bits per heavy atom. The molecule has 1 aromatic carbocycles. The number of nitrogens with zero attached hydrogens (tertiary/aromatic N) is 2. The zero-order chi connectivity index (χ0) is 13.1. The highest BCUT2D eigenvalue weighted by Gasteiger charge is 2.16. The van der Waals surface area contributed by atoms with Gasteiger partial charge in [-0.3, -0.25) is 9.69 Å². The second-order valence-corrected chi connectivity index (χ2v) is 5.00. The summed E-state index contributed by atoms with van der Waals surface area (Å²) in [5, 5.41) is 0.435. The fourth-order valence-corrected chi connectivity index (χ4v) is 2.04. The van der Waals surface area contributed by atoms with Gasteiger partial charge >= 0.3 is 0 Å². The lowest BCUT2D eigenvalue weighted by Gasteiger charge is -2.17. The number of pyridine rings is 1. The largest absolute Gasteiger partial charge is 0.296 e. The number of amides is 1. The molecule has 1 heterocycles. The summed E-state index contributed by atoms with van der Waals surface area (Å²) in [4.78, 5) is 17.9. The van der Waals surface area contributed by atoms with Crippen molar-refractivity contribution in [3.05, 3.63) is 57.7 Å².